The van der Waals surface area contributed by atoms with E-state index in [1.165, 1.54) is 5.39 Å². The van der Waals surface area contributed by atoms with E-state index in [1.54, 1.807) is 12.1 Å². The first kappa shape index (κ1) is 29.5. The molecule has 38 heavy (non-hydrogen) atoms. The van der Waals surface area contributed by atoms with E-state index in [9.17, 15) is 34.5 Å². The Bertz CT molecular complexity index is 1580. The molecule has 0 atom stereocenters. The molecule has 0 aliphatic carbocycles. The molecule has 14 heteroatoms. The van der Waals surface area contributed by atoms with Crippen molar-refractivity contribution in [2.24, 2.45) is 0 Å². The lowest BCUT2D eigenvalue weighted by atomic mass is 10.0. The van der Waals surface area contributed by atoms with Gasteiger partial charge in [-0.05, 0) is 39.7 Å². The molecule has 4 nitrogen and oxygen atoms in total. The summed E-state index contributed by atoms with van der Waals surface area (Å²) < 4.78 is 78.0. The Balaban J connectivity index is 0.000000203. The zero-order valence-electron chi connectivity index (χ0n) is 19.2. The van der Waals surface area contributed by atoms with Crippen LogP contribution < -0.4 is 0 Å². The number of benzene rings is 5. The predicted molar refractivity (Wildman–Crippen MR) is 135 cm³/mol. The molecule has 5 aromatic rings. The van der Waals surface area contributed by atoms with Crippen molar-refractivity contribution in [3.05, 3.63) is 107 Å². The highest BCUT2D eigenvalue weighted by molar-refractivity contribution is 6.50. The average Bonchev–Trinajstić information content (AvgIpc) is 2.85. The van der Waals surface area contributed by atoms with Crippen molar-refractivity contribution in [3.63, 3.8) is 0 Å². The Morgan fingerprint density at radius 2 is 0.789 bits per heavy atom. The van der Waals surface area contributed by atoms with E-state index in [1.807, 2.05) is 60.7 Å². The van der Waals surface area contributed by atoms with Gasteiger partial charge in [-0.2, -0.15) is 0 Å². The molecule has 5 aromatic carbocycles. The standard InChI is InChI=1S/C14H9N2.C10H7N2.2BF4/c15-16-14-7-3-6-12-8-10-4-1-2-5-11(10)9-13(12)14;11-12-10-7-3-5-8-4-1-2-6-9(8)10;2*2-1(3,4)5/h1-9H;1-7H;;/q2*+1;2*-1. The number of halogens is 8. The van der Waals surface area contributed by atoms with Crippen molar-refractivity contribution in [2.45, 2.75) is 0 Å². The zero-order chi connectivity index (χ0) is 28.3. The highest BCUT2D eigenvalue weighted by Gasteiger charge is 2.21. The third-order valence-corrected chi connectivity index (χ3v) is 4.71. The van der Waals surface area contributed by atoms with Gasteiger partial charge in [0.25, 0.3) is 0 Å². The monoisotopic (exact) mass is 534 g/mol. The Morgan fingerprint density at radius 1 is 0.421 bits per heavy atom. The summed E-state index contributed by atoms with van der Waals surface area (Å²) in [6.07, 6.45) is 0. The van der Waals surface area contributed by atoms with Crippen LogP contribution >= 0.6 is 0 Å². The van der Waals surface area contributed by atoms with Crippen LogP contribution in [0.5, 0.6) is 0 Å². The summed E-state index contributed by atoms with van der Waals surface area (Å²) in [5.74, 6) is 0. The first-order valence-electron chi connectivity index (χ1n) is 10.6. The maximum absolute atomic E-state index is 9.75. The summed E-state index contributed by atoms with van der Waals surface area (Å²) >= 11 is 0. The zero-order valence-corrected chi connectivity index (χ0v) is 19.2. The van der Waals surface area contributed by atoms with Gasteiger partial charge in [0, 0.05) is 12.1 Å². The van der Waals surface area contributed by atoms with Crippen molar-refractivity contribution >= 4 is 58.2 Å². The van der Waals surface area contributed by atoms with Crippen molar-refractivity contribution in [1.29, 1.82) is 10.8 Å². The van der Waals surface area contributed by atoms with Gasteiger partial charge in [0.15, 0.2) is 9.95 Å². The molecule has 0 amide bonds. The fraction of sp³-hybridized carbons (Fsp3) is 0. The van der Waals surface area contributed by atoms with Crippen LogP contribution in [0, 0.1) is 10.8 Å². The van der Waals surface area contributed by atoms with Crippen LogP contribution in [0.2, 0.25) is 0 Å². The molecule has 0 saturated heterocycles. The topological polar surface area (TPSA) is 56.3 Å². The molecule has 0 aliphatic heterocycles. The SMILES string of the molecule is F[B-](F)(F)F.F[B-](F)(F)F.N#[N+]c1cccc2cc3ccccc3cc12.N#[N+]c1cccc2ccccc12. The Kier molecular flexibility index (Phi) is 10.1. The van der Waals surface area contributed by atoms with Gasteiger partial charge >= 0.3 is 25.9 Å². The van der Waals surface area contributed by atoms with Crippen LogP contribution in [0.1, 0.15) is 0 Å². The average molecular weight is 534 g/mol. The fourth-order valence-electron chi connectivity index (χ4n) is 3.33. The minimum absolute atomic E-state index is 0.614. The molecule has 0 unspecified atom stereocenters. The summed E-state index contributed by atoms with van der Waals surface area (Å²) in [5, 5.41) is 24.1. The highest BCUT2D eigenvalue weighted by atomic mass is 19.5. The third kappa shape index (κ3) is 10.1. The van der Waals surface area contributed by atoms with Gasteiger partial charge in [0.05, 0.1) is 10.8 Å². The third-order valence-electron chi connectivity index (χ3n) is 4.71. The Hall–Kier alpha value is -4.71. The largest absolute Gasteiger partial charge is 0.673 e. The van der Waals surface area contributed by atoms with E-state index in [-0.39, 0.29) is 0 Å². The minimum Gasteiger partial charge on any atom is -0.418 e. The number of fused-ring (bicyclic) bond motifs is 3. The number of diazo groups is 2. The predicted octanol–water partition coefficient (Wildman–Crippen LogP) is 10.4. The van der Waals surface area contributed by atoms with Crippen molar-refractivity contribution < 1.29 is 34.5 Å². The van der Waals surface area contributed by atoms with Crippen molar-refractivity contribution in [3.8, 4) is 0 Å². The molecule has 194 valence electrons. The quantitative estimate of drug-likeness (QED) is 0.0860. The molecule has 0 spiro atoms. The number of hydrogen-bond donors (Lipinski definition) is 0. The molecule has 0 fully saturated rings. The second kappa shape index (κ2) is 13.0. The summed E-state index contributed by atoms with van der Waals surface area (Å²) in [5.41, 5.74) is 1.23. The van der Waals surface area contributed by atoms with Crippen LogP contribution in [0.25, 0.3) is 42.3 Å². The van der Waals surface area contributed by atoms with Crippen LogP contribution in [-0.4, -0.2) is 14.5 Å². The van der Waals surface area contributed by atoms with E-state index in [0.717, 1.165) is 26.9 Å². The fourth-order valence-corrected chi connectivity index (χ4v) is 3.33. The van der Waals surface area contributed by atoms with E-state index >= 15 is 0 Å². The van der Waals surface area contributed by atoms with Crippen LogP contribution in [-0.2, 0) is 0 Å². The van der Waals surface area contributed by atoms with Gasteiger partial charge < -0.3 is 34.5 Å². The Morgan fingerprint density at radius 3 is 1.29 bits per heavy atom. The van der Waals surface area contributed by atoms with Crippen LogP contribution in [0.3, 0.4) is 0 Å². The normalized spacial score (nSPS) is 10.6. The van der Waals surface area contributed by atoms with Crippen LogP contribution in [0.15, 0.2) is 97.1 Å². The minimum atomic E-state index is -6.00. The molecule has 0 radical (unpaired) electrons. The lowest BCUT2D eigenvalue weighted by Gasteiger charge is -1.99. The summed E-state index contributed by atoms with van der Waals surface area (Å²) in [4.78, 5) is 6.50. The smallest absolute Gasteiger partial charge is 0.418 e. The molecular weight excluding hydrogens is 518 g/mol. The number of hydrogen-bond acceptors (Lipinski definition) is 2. The summed E-state index contributed by atoms with van der Waals surface area (Å²) in [7, 11) is -12.0. The summed E-state index contributed by atoms with van der Waals surface area (Å²) in [6.45, 7) is 0. The van der Waals surface area contributed by atoms with Crippen molar-refractivity contribution in [1.82, 2.24) is 0 Å². The lowest BCUT2D eigenvalue weighted by Crippen LogP contribution is -2.02. The maximum atomic E-state index is 9.75. The number of rotatable bonds is 0. The van der Waals surface area contributed by atoms with E-state index in [2.05, 4.69) is 34.2 Å². The van der Waals surface area contributed by atoms with Gasteiger partial charge in [0.1, 0.15) is 0 Å². The number of nitrogens with zero attached hydrogens (tertiary/aromatic N) is 4. The van der Waals surface area contributed by atoms with Gasteiger partial charge in [-0.15, -0.1) is 0 Å². The first-order valence-corrected chi connectivity index (χ1v) is 10.6. The van der Waals surface area contributed by atoms with E-state index < -0.39 is 14.5 Å². The highest BCUT2D eigenvalue weighted by Crippen LogP contribution is 2.30. The van der Waals surface area contributed by atoms with Gasteiger partial charge in [-0.1, -0.05) is 66.7 Å². The Labute approximate surface area is 211 Å². The molecule has 5 rings (SSSR count). The molecule has 0 saturated carbocycles. The van der Waals surface area contributed by atoms with Crippen LogP contribution in [0.4, 0.5) is 45.9 Å². The molecular formula is C24H16B2F8N4. The van der Waals surface area contributed by atoms with Gasteiger partial charge in [0.2, 0.25) is 10.8 Å². The van der Waals surface area contributed by atoms with Crippen molar-refractivity contribution in [2.75, 3.05) is 0 Å². The summed E-state index contributed by atoms with van der Waals surface area (Å²) in [6, 6.07) is 31.5. The second-order valence-electron chi connectivity index (χ2n) is 7.39. The maximum Gasteiger partial charge on any atom is 0.673 e. The van der Waals surface area contributed by atoms with E-state index in [0.29, 0.717) is 11.4 Å². The lowest BCUT2D eigenvalue weighted by molar-refractivity contribution is 0.366. The molecule has 0 aromatic heterocycles. The van der Waals surface area contributed by atoms with E-state index in [4.69, 9.17) is 10.8 Å². The molecule has 0 aliphatic rings. The molecule has 0 N–H and O–H groups in total. The molecule has 0 heterocycles. The molecule has 0 bridgehead atoms. The second-order valence-corrected chi connectivity index (χ2v) is 7.39. The van der Waals surface area contributed by atoms with Gasteiger partial charge in [-0.25, -0.2) is 0 Å². The first-order chi connectivity index (χ1) is 17.8. The van der Waals surface area contributed by atoms with Gasteiger partial charge in [-0.3, -0.25) is 0 Å².